The van der Waals surface area contributed by atoms with Gasteiger partial charge in [-0.25, -0.2) is 0 Å². The molecule has 0 saturated heterocycles. The first-order valence-corrected chi connectivity index (χ1v) is 5.65. The molecular formula is C15H13NO2. The molecule has 3 heteroatoms. The molecule has 90 valence electrons. The molecule has 0 radical (unpaired) electrons. The van der Waals surface area contributed by atoms with Gasteiger partial charge in [-0.15, -0.1) is 0 Å². The normalized spacial score (nSPS) is 11.6. The molecule has 0 aliphatic carbocycles. The van der Waals surface area contributed by atoms with E-state index >= 15 is 0 Å². The summed E-state index contributed by atoms with van der Waals surface area (Å²) >= 11 is 0. The third kappa shape index (κ3) is 2.68. The van der Waals surface area contributed by atoms with Gasteiger partial charge in [0.15, 0.2) is 0 Å². The third-order valence-corrected chi connectivity index (χ3v) is 2.60. The smallest absolute Gasteiger partial charge is 0.145 e. The first-order chi connectivity index (χ1) is 8.70. The quantitative estimate of drug-likeness (QED) is 0.893. The number of benzene rings is 2. The molecule has 0 bridgehead atoms. The summed E-state index contributed by atoms with van der Waals surface area (Å²) in [6.07, 6.45) is -0.495. The van der Waals surface area contributed by atoms with Crippen LogP contribution in [0.5, 0.6) is 11.5 Å². The highest BCUT2D eigenvalue weighted by atomic mass is 16.5. The Morgan fingerprint density at radius 2 is 1.78 bits per heavy atom. The second-order valence-corrected chi connectivity index (χ2v) is 3.96. The summed E-state index contributed by atoms with van der Waals surface area (Å²) in [5.41, 5.74) is 1.33. The van der Waals surface area contributed by atoms with E-state index in [2.05, 4.69) is 6.07 Å². The molecule has 1 atom stereocenters. The number of nitrogens with zero attached hydrogens (tertiary/aromatic N) is 1. The van der Waals surface area contributed by atoms with Gasteiger partial charge in [0.2, 0.25) is 0 Å². The maximum absolute atomic E-state index is 9.40. The number of ether oxygens (including phenoxy) is 1. The molecule has 2 aromatic rings. The van der Waals surface area contributed by atoms with Crippen LogP contribution in [0.15, 0.2) is 48.5 Å². The van der Waals surface area contributed by atoms with Gasteiger partial charge in [0.1, 0.15) is 17.6 Å². The first-order valence-electron chi connectivity index (χ1n) is 5.65. The van der Waals surface area contributed by atoms with Crippen LogP contribution in [0.4, 0.5) is 0 Å². The molecule has 0 aromatic heterocycles. The SMILES string of the molecule is CC(O)c1ccc(Oc2ccccc2C#N)cc1. The lowest BCUT2D eigenvalue weighted by atomic mass is 10.1. The maximum Gasteiger partial charge on any atom is 0.145 e. The molecule has 2 rings (SSSR count). The van der Waals surface area contributed by atoms with Crippen molar-refractivity contribution in [3.8, 4) is 17.6 Å². The van der Waals surface area contributed by atoms with Gasteiger partial charge in [-0.1, -0.05) is 24.3 Å². The second-order valence-electron chi connectivity index (χ2n) is 3.96. The summed E-state index contributed by atoms with van der Waals surface area (Å²) in [6.45, 7) is 1.71. The zero-order valence-corrected chi connectivity index (χ0v) is 10.00. The van der Waals surface area contributed by atoms with Gasteiger partial charge >= 0.3 is 0 Å². The minimum Gasteiger partial charge on any atom is -0.456 e. The maximum atomic E-state index is 9.40. The van der Waals surface area contributed by atoms with Crippen molar-refractivity contribution in [3.63, 3.8) is 0 Å². The van der Waals surface area contributed by atoms with Gasteiger partial charge < -0.3 is 9.84 Å². The molecule has 2 aromatic carbocycles. The standard InChI is InChI=1S/C15H13NO2/c1-11(17)12-6-8-14(9-7-12)18-15-5-3-2-4-13(15)10-16/h2-9,11,17H,1H3. The van der Waals surface area contributed by atoms with Crippen molar-refractivity contribution in [2.45, 2.75) is 13.0 Å². The van der Waals surface area contributed by atoms with Gasteiger partial charge in [0.25, 0.3) is 0 Å². The van der Waals surface area contributed by atoms with Crippen molar-refractivity contribution < 1.29 is 9.84 Å². The molecule has 18 heavy (non-hydrogen) atoms. The van der Waals surface area contributed by atoms with Gasteiger partial charge in [0.05, 0.1) is 11.7 Å². The summed E-state index contributed by atoms with van der Waals surface area (Å²) < 4.78 is 5.63. The zero-order valence-electron chi connectivity index (χ0n) is 10.00. The van der Waals surface area contributed by atoms with Crippen LogP contribution in [-0.2, 0) is 0 Å². The second kappa shape index (κ2) is 5.35. The van der Waals surface area contributed by atoms with E-state index in [0.29, 0.717) is 17.1 Å². The Kier molecular flexibility index (Phi) is 3.61. The minimum atomic E-state index is -0.495. The largest absolute Gasteiger partial charge is 0.456 e. The van der Waals surface area contributed by atoms with Crippen molar-refractivity contribution in [2.75, 3.05) is 0 Å². The summed E-state index contributed by atoms with van der Waals surface area (Å²) in [4.78, 5) is 0. The number of hydrogen-bond acceptors (Lipinski definition) is 3. The first kappa shape index (κ1) is 12.2. The van der Waals surface area contributed by atoms with Crippen LogP contribution in [0, 0.1) is 11.3 Å². The van der Waals surface area contributed by atoms with Gasteiger partial charge in [0, 0.05) is 0 Å². The molecule has 0 fully saturated rings. The number of aliphatic hydroxyl groups excluding tert-OH is 1. The highest BCUT2D eigenvalue weighted by Gasteiger charge is 2.04. The van der Waals surface area contributed by atoms with E-state index in [4.69, 9.17) is 10.00 Å². The van der Waals surface area contributed by atoms with E-state index in [1.165, 1.54) is 0 Å². The van der Waals surface area contributed by atoms with Crippen LogP contribution in [0.25, 0.3) is 0 Å². The Hall–Kier alpha value is -2.31. The number of para-hydroxylation sites is 1. The van der Waals surface area contributed by atoms with Crippen LogP contribution in [0.2, 0.25) is 0 Å². The molecule has 0 saturated carbocycles. The molecule has 1 unspecified atom stereocenters. The van der Waals surface area contributed by atoms with Crippen LogP contribution in [0.1, 0.15) is 24.2 Å². The summed E-state index contributed by atoms with van der Waals surface area (Å²) in [5, 5.41) is 18.4. The van der Waals surface area contributed by atoms with Crippen LogP contribution in [-0.4, -0.2) is 5.11 Å². The molecule has 0 heterocycles. The predicted molar refractivity (Wildman–Crippen MR) is 68.3 cm³/mol. The van der Waals surface area contributed by atoms with E-state index < -0.39 is 6.10 Å². The van der Waals surface area contributed by atoms with Crippen molar-refractivity contribution in [3.05, 3.63) is 59.7 Å². The lowest BCUT2D eigenvalue weighted by Gasteiger charge is -2.09. The number of hydrogen-bond donors (Lipinski definition) is 1. The topological polar surface area (TPSA) is 53.2 Å². The van der Waals surface area contributed by atoms with Gasteiger partial charge in [-0.05, 0) is 36.8 Å². The average molecular weight is 239 g/mol. The Balaban J connectivity index is 2.22. The Labute approximate surface area is 106 Å². The highest BCUT2D eigenvalue weighted by Crippen LogP contribution is 2.25. The summed E-state index contributed by atoms with van der Waals surface area (Å²) in [6, 6.07) is 16.3. The molecule has 3 nitrogen and oxygen atoms in total. The Morgan fingerprint density at radius 1 is 1.11 bits per heavy atom. The average Bonchev–Trinajstić information content (AvgIpc) is 2.40. The van der Waals surface area contributed by atoms with E-state index in [-0.39, 0.29) is 0 Å². The fourth-order valence-corrected chi connectivity index (χ4v) is 1.59. The number of aliphatic hydroxyl groups is 1. The van der Waals surface area contributed by atoms with E-state index in [1.54, 1.807) is 49.4 Å². The van der Waals surface area contributed by atoms with Crippen molar-refractivity contribution in [1.82, 2.24) is 0 Å². The fraction of sp³-hybridized carbons (Fsp3) is 0.133. The van der Waals surface area contributed by atoms with Crippen molar-refractivity contribution >= 4 is 0 Å². The lowest BCUT2D eigenvalue weighted by Crippen LogP contribution is -1.91. The molecule has 0 spiro atoms. The van der Waals surface area contributed by atoms with Crippen molar-refractivity contribution in [2.24, 2.45) is 0 Å². The molecule has 1 N–H and O–H groups in total. The van der Waals surface area contributed by atoms with E-state index in [0.717, 1.165) is 5.56 Å². The van der Waals surface area contributed by atoms with E-state index in [1.807, 2.05) is 6.07 Å². The number of rotatable bonds is 3. The molecule has 0 aliphatic rings. The van der Waals surface area contributed by atoms with E-state index in [9.17, 15) is 5.11 Å². The highest BCUT2D eigenvalue weighted by molar-refractivity contribution is 5.45. The van der Waals surface area contributed by atoms with Crippen LogP contribution < -0.4 is 4.74 Å². The molecular weight excluding hydrogens is 226 g/mol. The predicted octanol–water partition coefficient (Wildman–Crippen LogP) is 3.40. The van der Waals surface area contributed by atoms with Gasteiger partial charge in [-0.3, -0.25) is 0 Å². The third-order valence-electron chi connectivity index (χ3n) is 2.60. The molecule has 0 aliphatic heterocycles. The fourth-order valence-electron chi connectivity index (χ4n) is 1.59. The van der Waals surface area contributed by atoms with Crippen LogP contribution >= 0.6 is 0 Å². The Morgan fingerprint density at radius 3 is 2.39 bits per heavy atom. The van der Waals surface area contributed by atoms with Gasteiger partial charge in [-0.2, -0.15) is 5.26 Å². The Bertz CT molecular complexity index is 568. The zero-order chi connectivity index (χ0) is 13.0. The van der Waals surface area contributed by atoms with Crippen LogP contribution in [0.3, 0.4) is 0 Å². The summed E-state index contributed by atoms with van der Waals surface area (Å²) in [5.74, 6) is 1.17. The monoisotopic (exact) mass is 239 g/mol. The lowest BCUT2D eigenvalue weighted by molar-refractivity contribution is 0.199. The number of nitriles is 1. The molecule has 0 amide bonds. The summed E-state index contributed by atoms with van der Waals surface area (Å²) in [7, 11) is 0. The minimum absolute atomic E-state index is 0.495. The van der Waals surface area contributed by atoms with Crippen molar-refractivity contribution in [1.29, 1.82) is 5.26 Å².